The zero-order valence-corrected chi connectivity index (χ0v) is 14.2. The van der Waals surface area contributed by atoms with Crippen LogP contribution in [0.3, 0.4) is 0 Å². The molecule has 2 aromatic rings. The van der Waals surface area contributed by atoms with Crippen molar-refractivity contribution < 1.29 is 4.74 Å². The van der Waals surface area contributed by atoms with E-state index >= 15 is 0 Å². The number of nitrogens with zero attached hydrogens (tertiary/aromatic N) is 2. The number of aromatic nitrogens is 1. The summed E-state index contributed by atoms with van der Waals surface area (Å²) in [5.41, 5.74) is 2.69. The molecule has 3 heteroatoms. The molecule has 1 aliphatic carbocycles. The van der Waals surface area contributed by atoms with Crippen LogP contribution < -0.4 is 0 Å². The largest absolute Gasteiger partial charge is 0.376 e. The van der Waals surface area contributed by atoms with E-state index < -0.39 is 0 Å². The Balaban J connectivity index is 1.46. The van der Waals surface area contributed by atoms with E-state index in [0.717, 1.165) is 38.5 Å². The monoisotopic (exact) mass is 322 g/mol. The maximum absolute atomic E-state index is 6.32. The molecule has 0 radical (unpaired) electrons. The van der Waals surface area contributed by atoms with E-state index in [2.05, 4.69) is 46.3 Å². The second kappa shape index (κ2) is 7.45. The molecule has 0 unspecified atom stereocenters. The number of ether oxygens (including phenoxy) is 1. The van der Waals surface area contributed by atoms with E-state index in [-0.39, 0.29) is 0 Å². The van der Waals surface area contributed by atoms with Gasteiger partial charge in [0.25, 0.3) is 0 Å². The first-order valence-corrected chi connectivity index (χ1v) is 9.17. The molecule has 126 valence electrons. The van der Waals surface area contributed by atoms with Gasteiger partial charge in [-0.25, -0.2) is 0 Å². The molecule has 2 fully saturated rings. The molecular formula is C21H26N2O. The fourth-order valence-corrected chi connectivity index (χ4v) is 3.66. The number of hydrogen-bond donors (Lipinski definition) is 0. The van der Waals surface area contributed by atoms with E-state index in [1.807, 2.05) is 18.5 Å². The Hall–Kier alpha value is -1.71. The van der Waals surface area contributed by atoms with E-state index in [0.29, 0.717) is 12.1 Å². The van der Waals surface area contributed by atoms with Crippen LogP contribution in [0.25, 0.3) is 0 Å². The van der Waals surface area contributed by atoms with Crippen LogP contribution in [0.4, 0.5) is 0 Å². The molecule has 24 heavy (non-hydrogen) atoms. The lowest BCUT2D eigenvalue weighted by atomic mass is 10.0. The quantitative estimate of drug-likeness (QED) is 0.777. The highest BCUT2D eigenvalue weighted by molar-refractivity contribution is 5.17. The maximum Gasteiger partial charge on any atom is 0.0745 e. The van der Waals surface area contributed by atoms with Gasteiger partial charge in [-0.15, -0.1) is 0 Å². The Morgan fingerprint density at radius 3 is 2.58 bits per heavy atom. The average Bonchev–Trinajstić information content (AvgIpc) is 3.39. The third kappa shape index (κ3) is 4.03. The van der Waals surface area contributed by atoms with Gasteiger partial charge in [0.15, 0.2) is 0 Å². The van der Waals surface area contributed by atoms with Gasteiger partial charge in [0.1, 0.15) is 0 Å². The first-order valence-electron chi connectivity index (χ1n) is 9.17. The first kappa shape index (κ1) is 15.8. The summed E-state index contributed by atoms with van der Waals surface area (Å²) >= 11 is 0. The van der Waals surface area contributed by atoms with Crippen LogP contribution in [0.5, 0.6) is 0 Å². The van der Waals surface area contributed by atoms with Gasteiger partial charge in [0.05, 0.1) is 6.10 Å². The predicted molar refractivity (Wildman–Crippen MR) is 95.7 cm³/mol. The molecular weight excluding hydrogens is 296 g/mol. The second-order valence-corrected chi connectivity index (χ2v) is 7.19. The highest BCUT2D eigenvalue weighted by atomic mass is 16.5. The highest BCUT2D eigenvalue weighted by Crippen LogP contribution is 2.32. The molecule has 0 N–H and O–H groups in total. The predicted octanol–water partition coefficient (Wildman–Crippen LogP) is 3.69. The topological polar surface area (TPSA) is 25.4 Å². The number of pyridine rings is 1. The van der Waals surface area contributed by atoms with Gasteiger partial charge in [-0.1, -0.05) is 36.4 Å². The van der Waals surface area contributed by atoms with Gasteiger partial charge in [-0.3, -0.25) is 9.88 Å². The Bertz CT molecular complexity index is 627. The molecule has 1 aromatic carbocycles. The van der Waals surface area contributed by atoms with Crippen molar-refractivity contribution in [3.8, 4) is 0 Å². The maximum atomic E-state index is 6.32. The Labute approximate surface area is 144 Å². The molecule has 1 aliphatic heterocycles. The van der Waals surface area contributed by atoms with Gasteiger partial charge in [-0.2, -0.15) is 0 Å². The van der Waals surface area contributed by atoms with Crippen LogP contribution in [0.2, 0.25) is 0 Å². The fraction of sp³-hybridized carbons (Fsp3) is 0.476. The van der Waals surface area contributed by atoms with Gasteiger partial charge in [0.2, 0.25) is 0 Å². The van der Waals surface area contributed by atoms with Crippen molar-refractivity contribution in [2.45, 2.75) is 44.4 Å². The average molecular weight is 322 g/mol. The lowest BCUT2D eigenvalue weighted by Gasteiger charge is -2.28. The third-order valence-corrected chi connectivity index (χ3v) is 5.24. The highest BCUT2D eigenvalue weighted by Gasteiger charge is 2.36. The summed E-state index contributed by atoms with van der Waals surface area (Å²) in [6.45, 7) is 3.03. The van der Waals surface area contributed by atoms with Crippen molar-refractivity contribution in [1.82, 2.24) is 9.88 Å². The van der Waals surface area contributed by atoms with Gasteiger partial charge < -0.3 is 4.74 Å². The lowest BCUT2D eigenvalue weighted by molar-refractivity contribution is 0.0196. The van der Waals surface area contributed by atoms with Gasteiger partial charge in [0, 0.05) is 38.1 Å². The van der Waals surface area contributed by atoms with Crippen LogP contribution in [0.15, 0.2) is 54.9 Å². The standard InChI is InChI=1S/C21H26N2O/c1-2-5-17(6-3-1)13-20-21(24-16-18-8-9-18)10-12-23(20)15-19-7-4-11-22-14-19/h1-7,11,14,18,20-21H,8-10,12-13,15-16H2/t20-,21+/m0/s1. The summed E-state index contributed by atoms with van der Waals surface area (Å²) < 4.78 is 6.32. The van der Waals surface area contributed by atoms with Crippen molar-refractivity contribution >= 4 is 0 Å². The normalized spacial score (nSPS) is 24.3. The van der Waals surface area contributed by atoms with Crippen LogP contribution in [-0.4, -0.2) is 35.2 Å². The van der Waals surface area contributed by atoms with Crippen LogP contribution in [-0.2, 0) is 17.7 Å². The molecule has 0 amide bonds. The van der Waals surface area contributed by atoms with E-state index in [1.165, 1.54) is 24.0 Å². The second-order valence-electron chi connectivity index (χ2n) is 7.19. The van der Waals surface area contributed by atoms with E-state index in [1.54, 1.807) is 0 Å². The fourth-order valence-electron chi connectivity index (χ4n) is 3.66. The van der Waals surface area contributed by atoms with E-state index in [4.69, 9.17) is 4.74 Å². The molecule has 0 spiro atoms. The zero-order chi connectivity index (χ0) is 16.2. The molecule has 1 saturated heterocycles. The third-order valence-electron chi connectivity index (χ3n) is 5.24. The first-order chi connectivity index (χ1) is 11.9. The van der Waals surface area contributed by atoms with Crippen molar-refractivity contribution in [2.24, 2.45) is 5.92 Å². The van der Waals surface area contributed by atoms with Crippen molar-refractivity contribution in [3.63, 3.8) is 0 Å². The molecule has 3 nitrogen and oxygen atoms in total. The summed E-state index contributed by atoms with van der Waals surface area (Å²) in [6.07, 6.45) is 9.11. The Morgan fingerprint density at radius 1 is 1.00 bits per heavy atom. The van der Waals surface area contributed by atoms with Crippen LogP contribution in [0.1, 0.15) is 30.4 Å². The zero-order valence-electron chi connectivity index (χ0n) is 14.2. The van der Waals surface area contributed by atoms with Gasteiger partial charge in [-0.05, 0) is 48.8 Å². The minimum atomic E-state index is 0.363. The minimum Gasteiger partial charge on any atom is -0.376 e. The lowest BCUT2D eigenvalue weighted by Crippen LogP contribution is -2.38. The SMILES string of the molecule is c1ccc(C[C@H]2[C@H](OCC3CC3)CCN2Cc2cccnc2)cc1. The molecule has 1 saturated carbocycles. The summed E-state index contributed by atoms with van der Waals surface area (Å²) in [6, 6.07) is 15.5. The summed E-state index contributed by atoms with van der Waals surface area (Å²) in [4.78, 5) is 6.85. The van der Waals surface area contributed by atoms with Gasteiger partial charge >= 0.3 is 0 Å². The molecule has 2 atom stereocenters. The molecule has 2 aliphatic rings. The minimum absolute atomic E-state index is 0.363. The summed E-state index contributed by atoms with van der Waals surface area (Å²) in [5.74, 6) is 0.828. The number of benzene rings is 1. The summed E-state index contributed by atoms with van der Waals surface area (Å²) in [7, 11) is 0. The molecule has 1 aromatic heterocycles. The Kier molecular flexibility index (Phi) is 4.91. The smallest absolute Gasteiger partial charge is 0.0745 e. The van der Waals surface area contributed by atoms with Crippen molar-refractivity contribution in [2.75, 3.05) is 13.2 Å². The molecule has 2 heterocycles. The number of hydrogen-bond acceptors (Lipinski definition) is 3. The molecule has 0 bridgehead atoms. The van der Waals surface area contributed by atoms with Crippen molar-refractivity contribution in [3.05, 3.63) is 66.0 Å². The van der Waals surface area contributed by atoms with E-state index in [9.17, 15) is 0 Å². The van der Waals surface area contributed by atoms with Crippen LogP contribution in [0, 0.1) is 5.92 Å². The van der Waals surface area contributed by atoms with Crippen molar-refractivity contribution in [1.29, 1.82) is 0 Å². The number of likely N-dealkylation sites (tertiary alicyclic amines) is 1. The number of rotatable bonds is 7. The summed E-state index contributed by atoms with van der Waals surface area (Å²) in [5, 5.41) is 0. The van der Waals surface area contributed by atoms with Crippen LogP contribution >= 0.6 is 0 Å². The molecule has 4 rings (SSSR count). The Morgan fingerprint density at radius 2 is 1.83 bits per heavy atom.